The first-order valence-corrected chi connectivity index (χ1v) is 15.2. The number of hydrogen-bond donors (Lipinski definition) is 2. The molecule has 10 nitrogen and oxygen atoms in total. The number of alkyl halides is 2. The molecular formula is C35H34F2N6O4. The van der Waals surface area contributed by atoms with Crippen molar-refractivity contribution in [3.8, 4) is 16.9 Å². The second-order valence-electron chi connectivity index (χ2n) is 11.5. The van der Waals surface area contributed by atoms with E-state index in [0.717, 1.165) is 29.2 Å². The number of anilines is 3. The zero-order valence-electron chi connectivity index (χ0n) is 26.0. The Morgan fingerprint density at radius 2 is 1.68 bits per heavy atom. The van der Waals surface area contributed by atoms with Crippen molar-refractivity contribution in [3.63, 3.8) is 0 Å². The third-order valence-electron chi connectivity index (χ3n) is 7.57. The van der Waals surface area contributed by atoms with Gasteiger partial charge in [-0.05, 0) is 60.5 Å². The summed E-state index contributed by atoms with van der Waals surface area (Å²) in [5.74, 6) is -3.11. The average molecular weight is 641 g/mol. The number of amides is 2. The van der Waals surface area contributed by atoms with Gasteiger partial charge in [-0.1, -0.05) is 42.0 Å². The highest BCUT2D eigenvalue weighted by Crippen LogP contribution is 2.31. The molecule has 0 unspecified atom stereocenters. The smallest absolute Gasteiger partial charge is 0.278 e. The fraction of sp³-hybridized carbons (Fsp3) is 0.257. The molecule has 12 heteroatoms. The van der Waals surface area contributed by atoms with Gasteiger partial charge in [-0.2, -0.15) is 4.98 Å². The van der Waals surface area contributed by atoms with Gasteiger partial charge < -0.3 is 25.0 Å². The molecular weight excluding hydrogens is 606 g/mol. The van der Waals surface area contributed by atoms with E-state index in [9.17, 15) is 18.4 Å². The Hall–Kier alpha value is -5.36. The van der Waals surface area contributed by atoms with Crippen LogP contribution in [0.1, 0.15) is 28.4 Å². The normalized spacial score (nSPS) is 13.4. The molecule has 1 aliphatic rings. The lowest BCUT2D eigenvalue weighted by atomic mass is 10.1. The SMILES string of the molecule is Cc1ccc(CC(=O)Nc2ccc(-c3ccc4nc(Nc5ccc(C(=O)N6CCOCC6)cc5OCC(C)(F)F)nn4c3)cc2)cc1. The minimum Gasteiger partial charge on any atom is -0.485 e. The number of fused-ring (bicyclic) bond motifs is 1. The molecule has 3 heterocycles. The second kappa shape index (κ2) is 13.6. The van der Waals surface area contributed by atoms with Gasteiger partial charge in [-0.3, -0.25) is 9.59 Å². The quantitative estimate of drug-likeness (QED) is 0.189. The van der Waals surface area contributed by atoms with Crippen molar-refractivity contribution in [3.05, 3.63) is 102 Å². The van der Waals surface area contributed by atoms with Crippen LogP contribution in [0.4, 0.5) is 26.1 Å². The zero-order valence-corrected chi connectivity index (χ0v) is 26.0. The number of nitrogens with one attached hydrogen (secondary N) is 2. The number of morpholine rings is 1. The number of aryl methyl sites for hydroxylation is 1. The van der Waals surface area contributed by atoms with E-state index in [1.165, 1.54) is 6.07 Å². The number of hydrogen-bond acceptors (Lipinski definition) is 7. The van der Waals surface area contributed by atoms with Crippen LogP contribution in [0.5, 0.6) is 5.75 Å². The van der Waals surface area contributed by atoms with Crippen molar-refractivity contribution in [2.24, 2.45) is 0 Å². The van der Waals surface area contributed by atoms with Crippen LogP contribution in [0.2, 0.25) is 0 Å². The van der Waals surface area contributed by atoms with Gasteiger partial charge in [0.25, 0.3) is 11.8 Å². The Morgan fingerprint density at radius 3 is 2.40 bits per heavy atom. The second-order valence-corrected chi connectivity index (χ2v) is 11.5. The highest BCUT2D eigenvalue weighted by atomic mass is 19.3. The lowest BCUT2D eigenvalue weighted by molar-refractivity contribution is -0.115. The number of carbonyl (C=O) groups excluding carboxylic acids is 2. The van der Waals surface area contributed by atoms with E-state index in [1.54, 1.807) is 21.5 Å². The molecule has 2 aromatic heterocycles. The number of rotatable bonds is 10. The van der Waals surface area contributed by atoms with E-state index in [1.807, 2.05) is 73.8 Å². The highest BCUT2D eigenvalue weighted by molar-refractivity contribution is 5.95. The lowest BCUT2D eigenvalue weighted by Crippen LogP contribution is -2.40. The van der Waals surface area contributed by atoms with Gasteiger partial charge in [-0.15, -0.1) is 5.10 Å². The third kappa shape index (κ3) is 8.08. The predicted molar refractivity (Wildman–Crippen MR) is 174 cm³/mol. The molecule has 47 heavy (non-hydrogen) atoms. The van der Waals surface area contributed by atoms with Gasteiger partial charge in [0, 0.05) is 43.0 Å². The molecule has 0 aliphatic carbocycles. The number of pyridine rings is 1. The molecule has 0 atom stereocenters. The van der Waals surface area contributed by atoms with Crippen LogP contribution >= 0.6 is 0 Å². The lowest BCUT2D eigenvalue weighted by Gasteiger charge is -2.27. The van der Waals surface area contributed by atoms with Crippen molar-refractivity contribution in [1.82, 2.24) is 19.5 Å². The number of aromatic nitrogens is 3. The Kier molecular flexibility index (Phi) is 9.12. The minimum atomic E-state index is -3.08. The zero-order chi connectivity index (χ0) is 33.0. The van der Waals surface area contributed by atoms with Crippen LogP contribution < -0.4 is 15.4 Å². The molecule has 5 aromatic rings. The minimum absolute atomic E-state index is 0.0798. The number of nitrogens with zero attached hydrogens (tertiary/aromatic N) is 4. The highest BCUT2D eigenvalue weighted by Gasteiger charge is 2.25. The van der Waals surface area contributed by atoms with Crippen LogP contribution in [0.15, 0.2) is 85.1 Å². The van der Waals surface area contributed by atoms with E-state index in [0.29, 0.717) is 48.9 Å². The van der Waals surface area contributed by atoms with Crippen molar-refractivity contribution in [1.29, 1.82) is 0 Å². The van der Waals surface area contributed by atoms with Gasteiger partial charge in [-0.25, -0.2) is 13.3 Å². The molecule has 3 aromatic carbocycles. The molecule has 0 radical (unpaired) electrons. The number of benzene rings is 3. The summed E-state index contributed by atoms with van der Waals surface area (Å²) < 4.78 is 39.8. The standard InChI is InChI=1S/C35H34F2N6O4/c1-23-3-5-24(6-4-23)19-32(44)38-28-11-7-25(8-12-28)27-10-14-31-40-34(41-43(31)21-27)39-29-13-9-26(20-30(29)47-22-35(2,36)37)33(45)42-15-17-46-18-16-42/h3-14,20-21H,15-19,22H2,1-2H3,(H,38,44)(H,39,41). The molecule has 0 spiro atoms. The Morgan fingerprint density at radius 1 is 0.957 bits per heavy atom. The summed E-state index contributed by atoms with van der Waals surface area (Å²) >= 11 is 0. The van der Waals surface area contributed by atoms with Crippen molar-refractivity contribution in [2.75, 3.05) is 43.5 Å². The molecule has 1 saturated heterocycles. The van der Waals surface area contributed by atoms with Crippen molar-refractivity contribution < 1.29 is 27.8 Å². The maximum Gasteiger partial charge on any atom is 0.278 e. The van der Waals surface area contributed by atoms with Gasteiger partial charge in [0.1, 0.15) is 5.75 Å². The Balaban J connectivity index is 1.16. The third-order valence-corrected chi connectivity index (χ3v) is 7.57. The van der Waals surface area contributed by atoms with E-state index >= 15 is 0 Å². The summed E-state index contributed by atoms with van der Waals surface area (Å²) in [6.07, 6.45) is 2.11. The van der Waals surface area contributed by atoms with Crippen molar-refractivity contribution in [2.45, 2.75) is 26.2 Å². The number of ether oxygens (including phenoxy) is 2. The van der Waals surface area contributed by atoms with E-state index in [4.69, 9.17) is 9.47 Å². The first kappa shape index (κ1) is 31.6. The molecule has 6 rings (SSSR count). The largest absolute Gasteiger partial charge is 0.485 e. The van der Waals surface area contributed by atoms with Crippen molar-refractivity contribution >= 4 is 34.8 Å². The van der Waals surface area contributed by atoms with Gasteiger partial charge >= 0.3 is 0 Å². The van der Waals surface area contributed by atoms with Crippen LogP contribution in [-0.2, 0) is 16.0 Å². The monoisotopic (exact) mass is 640 g/mol. The van der Waals surface area contributed by atoms with Crippen LogP contribution in [0.3, 0.4) is 0 Å². The van der Waals surface area contributed by atoms with Crippen LogP contribution in [0, 0.1) is 6.92 Å². The van der Waals surface area contributed by atoms with E-state index in [-0.39, 0.29) is 29.9 Å². The molecule has 0 bridgehead atoms. The number of carbonyl (C=O) groups is 2. The fourth-order valence-corrected chi connectivity index (χ4v) is 5.10. The predicted octanol–water partition coefficient (Wildman–Crippen LogP) is 6.14. The van der Waals surface area contributed by atoms with E-state index < -0.39 is 12.5 Å². The van der Waals surface area contributed by atoms with E-state index in [2.05, 4.69) is 20.7 Å². The first-order valence-electron chi connectivity index (χ1n) is 15.2. The summed E-state index contributed by atoms with van der Waals surface area (Å²) in [4.78, 5) is 31.7. The molecule has 2 N–H and O–H groups in total. The molecule has 1 aliphatic heterocycles. The summed E-state index contributed by atoms with van der Waals surface area (Å²) in [5.41, 5.74) is 5.76. The maximum atomic E-state index is 13.7. The van der Waals surface area contributed by atoms with Gasteiger partial charge in [0.2, 0.25) is 11.9 Å². The summed E-state index contributed by atoms with van der Waals surface area (Å²) in [6.45, 7) is 3.68. The fourth-order valence-electron chi connectivity index (χ4n) is 5.10. The topological polar surface area (TPSA) is 110 Å². The Labute approximate surface area is 270 Å². The number of halogens is 2. The molecule has 2 amide bonds. The summed E-state index contributed by atoms with van der Waals surface area (Å²) in [7, 11) is 0. The van der Waals surface area contributed by atoms with Crippen LogP contribution in [-0.4, -0.2) is 70.1 Å². The Bertz CT molecular complexity index is 1880. The molecule has 0 saturated carbocycles. The van der Waals surface area contributed by atoms with Crippen LogP contribution in [0.25, 0.3) is 16.8 Å². The summed E-state index contributed by atoms with van der Waals surface area (Å²) in [6, 6.07) is 23.7. The van der Waals surface area contributed by atoms with Gasteiger partial charge in [0.05, 0.1) is 25.3 Å². The van der Waals surface area contributed by atoms with Gasteiger partial charge in [0.15, 0.2) is 12.3 Å². The molecule has 242 valence electrons. The maximum absolute atomic E-state index is 13.7. The molecule has 1 fully saturated rings. The first-order chi connectivity index (χ1) is 22.6. The average Bonchev–Trinajstić information content (AvgIpc) is 3.47. The summed E-state index contributed by atoms with van der Waals surface area (Å²) in [5, 5.41) is 10.5.